The molecule has 7 nitrogen and oxygen atoms in total. The van der Waals surface area contributed by atoms with Crippen LogP contribution in [0.3, 0.4) is 0 Å². The summed E-state index contributed by atoms with van der Waals surface area (Å²) in [5.74, 6) is 1.34. The molecule has 1 N–H and O–H groups in total. The molecule has 3 atom stereocenters. The Labute approximate surface area is 182 Å². The fraction of sp³-hybridized carbons (Fsp3) is 0.435. The van der Waals surface area contributed by atoms with Crippen molar-refractivity contribution in [1.29, 1.82) is 0 Å². The zero-order valence-corrected chi connectivity index (χ0v) is 18.1. The van der Waals surface area contributed by atoms with Gasteiger partial charge in [0.15, 0.2) is 11.6 Å². The van der Waals surface area contributed by atoms with E-state index in [2.05, 4.69) is 32.9 Å². The lowest BCUT2D eigenvalue weighted by molar-refractivity contribution is 0.00794. The van der Waals surface area contributed by atoms with E-state index in [0.29, 0.717) is 30.7 Å². The van der Waals surface area contributed by atoms with Crippen LogP contribution in [-0.2, 0) is 4.74 Å². The van der Waals surface area contributed by atoms with Gasteiger partial charge < -0.3 is 19.7 Å². The number of anilines is 2. The molecule has 4 rings (SSSR count). The number of aromatic nitrogens is 3. The SMILES string of the molecule is C=C(F)/C=C(\C)C1COc2cnc(N[C@@H]3CC[C@@H](c4ccnc(C)c4)OC3)nc2N1C. The first kappa shape index (κ1) is 21.2. The number of hydrogen-bond acceptors (Lipinski definition) is 7. The van der Waals surface area contributed by atoms with Gasteiger partial charge in [-0.15, -0.1) is 0 Å². The van der Waals surface area contributed by atoms with Crippen molar-refractivity contribution in [2.24, 2.45) is 0 Å². The summed E-state index contributed by atoms with van der Waals surface area (Å²) in [5.41, 5.74) is 2.99. The van der Waals surface area contributed by atoms with E-state index in [1.54, 1.807) is 6.20 Å². The Bertz CT molecular complexity index is 988. The van der Waals surface area contributed by atoms with Crippen molar-refractivity contribution in [2.75, 3.05) is 30.5 Å². The molecular weight excluding hydrogens is 397 g/mol. The third-order valence-corrected chi connectivity index (χ3v) is 5.75. The first-order valence-corrected chi connectivity index (χ1v) is 10.5. The van der Waals surface area contributed by atoms with Gasteiger partial charge >= 0.3 is 0 Å². The van der Waals surface area contributed by atoms with E-state index in [9.17, 15) is 4.39 Å². The summed E-state index contributed by atoms with van der Waals surface area (Å²) in [6.07, 6.45) is 6.87. The fourth-order valence-electron chi connectivity index (χ4n) is 4.07. The zero-order valence-electron chi connectivity index (χ0n) is 18.1. The summed E-state index contributed by atoms with van der Waals surface area (Å²) in [6.45, 7) is 8.14. The number of aryl methyl sites for hydroxylation is 1. The van der Waals surface area contributed by atoms with Crippen LogP contribution in [0.15, 0.2) is 48.6 Å². The van der Waals surface area contributed by atoms with Gasteiger partial charge in [-0.25, -0.2) is 9.37 Å². The van der Waals surface area contributed by atoms with Crippen LogP contribution in [0, 0.1) is 6.92 Å². The number of ether oxygens (including phenoxy) is 2. The third kappa shape index (κ3) is 4.85. The Balaban J connectivity index is 1.41. The average Bonchev–Trinajstić information content (AvgIpc) is 2.74. The Morgan fingerprint density at radius 2 is 2.16 bits per heavy atom. The van der Waals surface area contributed by atoms with E-state index in [4.69, 9.17) is 9.47 Å². The topological polar surface area (TPSA) is 72.4 Å². The van der Waals surface area contributed by atoms with Gasteiger partial charge in [-0.1, -0.05) is 6.58 Å². The van der Waals surface area contributed by atoms with Gasteiger partial charge in [-0.2, -0.15) is 4.98 Å². The lowest BCUT2D eigenvalue weighted by Crippen LogP contribution is -2.42. The molecule has 1 fully saturated rings. The number of hydrogen-bond donors (Lipinski definition) is 1. The Kier molecular flexibility index (Phi) is 6.18. The number of nitrogens with one attached hydrogen (secondary N) is 1. The highest BCUT2D eigenvalue weighted by Gasteiger charge is 2.29. The molecule has 2 aromatic heterocycles. The molecule has 0 saturated carbocycles. The Hall–Kier alpha value is -3.00. The molecule has 0 bridgehead atoms. The van der Waals surface area contributed by atoms with Gasteiger partial charge in [0.2, 0.25) is 5.95 Å². The van der Waals surface area contributed by atoms with Crippen molar-refractivity contribution in [1.82, 2.24) is 15.0 Å². The number of likely N-dealkylation sites (N-methyl/N-ethyl adjacent to an activating group) is 1. The summed E-state index contributed by atoms with van der Waals surface area (Å²) >= 11 is 0. The molecule has 2 aromatic rings. The molecule has 164 valence electrons. The maximum atomic E-state index is 13.2. The molecule has 2 aliphatic rings. The van der Waals surface area contributed by atoms with E-state index in [0.717, 1.165) is 24.1 Å². The minimum atomic E-state index is -0.473. The van der Waals surface area contributed by atoms with Crippen molar-refractivity contribution < 1.29 is 13.9 Å². The lowest BCUT2D eigenvalue weighted by Gasteiger charge is -2.35. The van der Waals surface area contributed by atoms with Crippen LogP contribution in [0.1, 0.15) is 37.1 Å². The number of fused-ring (bicyclic) bond motifs is 1. The quantitative estimate of drug-likeness (QED) is 0.722. The van der Waals surface area contributed by atoms with Crippen LogP contribution < -0.4 is 15.0 Å². The van der Waals surface area contributed by atoms with Crippen LogP contribution >= 0.6 is 0 Å². The Morgan fingerprint density at radius 3 is 2.87 bits per heavy atom. The largest absolute Gasteiger partial charge is 0.486 e. The van der Waals surface area contributed by atoms with Crippen LogP contribution in [0.2, 0.25) is 0 Å². The van der Waals surface area contributed by atoms with Gasteiger partial charge in [-0.05, 0) is 56.0 Å². The van der Waals surface area contributed by atoms with Crippen LogP contribution in [0.25, 0.3) is 0 Å². The Morgan fingerprint density at radius 1 is 1.32 bits per heavy atom. The molecule has 1 saturated heterocycles. The first-order chi connectivity index (χ1) is 14.9. The van der Waals surface area contributed by atoms with Gasteiger partial charge in [0.1, 0.15) is 12.4 Å². The summed E-state index contributed by atoms with van der Waals surface area (Å²) in [4.78, 5) is 15.3. The van der Waals surface area contributed by atoms with Gasteiger partial charge in [0, 0.05) is 18.9 Å². The van der Waals surface area contributed by atoms with Crippen molar-refractivity contribution in [3.8, 4) is 5.75 Å². The second-order valence-electron chi connectivity index (χ2n) is 8.13. The fourth-order valence-corrected chi connectivity index (χ4v) is 4.07. The monoisotopic (exact) mass is 425 g/mol. The van der Waals surface area contributed by atoms with Gasteiger partial charge in [0.05, 0.1) is 31.0 Å². The number of rotatable bonds is 5. The highest BCUT2D eigenvalue weighted by Crippen LogP contribution is 2.34. The minimum absolute atomic E-state index is 0.0875. The molecule has 0 aromatic carbocycles. The smallest absolute Gasteiger partial charge is 0.225 e. The van der Waals surface area contributed by atoms with Gasteiger partial charge in [-0.3, -0.25) is 4.98 Å². The third-order valence-electron chi connectivity index (χ3n) is 5.75. The average molecular weight is 426 g/mol. The molecule has 4 heterocycles. The maximum absolute atomic E-state index is 13.2. The number of nitrogens with zero attached hydrogens (tertiary/aromatic N) is 4. The molecular formula is C23H28FN5O2. The van der Waals surface area contributed by atoms with Crippen LogP contribution in [0.4, 0.5) is 16.2 Å². The molecule has 1 unspecified atom stereocenters. The van der Waals surface area contributed by atoms with Gasteiger partial charge in [0.25, 0.3) is 0 Å². The minimum Gasteiger partial charge on any atom is -0.486 e. The first-order valence-electron chi connectivity index (χ1n) is 10.5. The summed E-state index contributed by atoms with van der Waals surface area (Å²) in [7, 11) is 1.92. The number of pyridine rings is 1. The highest BCUT2D eigenvalue weighted by molar-refractivity contribution is 5.57. The van der Waals surface area contributed by atoms with E-state index in [1.807, 2.05) is 38.1 Å². The zero-order chi connectivity index (χ0) is 22.0. The second-order valence-corrected chi connectivity index (χ2v) is 8.13. The normalized spacial score (nSPS) is 23.7. The highest BCUT2D eigenvalue weighted by atomic mass is 19.1. The van der Waals surface area contributed by atoms with Crippen molar-refractivity contribution in [3.63, 3.8) is 0 Å². The molecule has 8 heteroatoms. The molecule has 0 aliphatic carbocycles. The van der Waals surface area contributed by atoms with Crippen LogP contribution in [0.5, 0.6) is 5.75 Å². The maximum Gasteiger partial charge on any atom is 0.225 e. The van der Waals surface area contributed by atoms with Crippen molar-refractivity contribution in [3.05, 3.63) is 59.8 Å². The lowest BCUT2D eigenvalue weighted by atomic mass is 9.99. The molecule has 0 spiro atoms. The summed E-state index contributed by atoms with van der Waals surface area (Å²) in [6, 6.07) is 4.09. The number of allylic oxidation sites excluding steroid dienone is 2. The van der Waals surface area contributed by atoms with E-state index in [1.165, 1.54) is 11.6 Å². The molecule has 0 radical (unpaired) electrons. The molecule has 2 aliphatic heterocycles. The predicted octanol–water partition coefficient (Wildman–Crippen LogP) is 4.14. The standard InChI is InChI=1S/C23H28FN5O2/c1-14(9-15(2)24)19-13-31-21-11-26-23(28-22(21)29(19)4)27-18-5-6-20(30-12-18)17-7-8-25-16(3)10-17/h7-11,18-20H,2,5-6,12-13H2,1,3-4H3,(H,26,27,28)/b14-9+/t18-,19?,20+/m1/s1. The van der Waals surface area contributed by atoms with Crippen molar-refractivity contribution >= 4 is 11.8 Å². The van der Waals surface area contributed by atoms with E-state index < -0.39 is 5.83 Å². The van der Waals surface area contributed by atoms with E-state index >= 15 is 0 Å². The van der Waals surface area contributed by atoms with Crippen molar-refractivity contribution in [2.45, 2.75) is 44.9 Å². The molecule has 31 heavy (non-hydrogen) atoms. The number of halogens is 1. The second kappa shape index (κ2) is 9.01. The van der Waals surface area contributed by atoms with Crippen LogP contribution in [-0.4, -0.2) is 47.3 Å². The summed E-state index contributed by atoms with van der Waals surface area (Å²) < 4.78 is 25.1. The van der Waals surface area contributed by atoms with E-state index in [-0.39, 0.29) is 18.2 Å². The predicted molar refractivity (Wildman–Crippen MR) is 118 cm³/mol. The molecule has 0 amide bonds. The summed E-state index contributed by atoms with van der Waals surface area (Å²) in [5, 5.41) is 3.38.